The van der Waals surface area contributed by atoms with E-state index in [0.29, 0.717) is 30.7 Å². The average molecular weight is 253 g/mol. The van der Waals surface area contributed by atoms with Crippen LogP contribution in [0.25, 0.3) is 0 Å². The van der Waals surface area contributed by atoms with Crippen molar-refractivity contribution in [2.45, 2.75) is 18.4 Å². The van der Waals surface area contributed by atoms with E-state index < -0.39 is 5.60 Å². The molecular weight excluding hydrogens is 238 g/mol. The molecule has 6 heteroatoms. The van der Waals surface area contributed by atoms with Crippen LogP contribution in [-0.4, -0.2) is 46.1 Å². The molecule has 1 amide bonds. The van der Waals surface area contributed by atoms with Crippen molar-refractivity contribution in [1.29, 1.82) is 0 Å². The molecule has 2 aliphatic rings. The summed E-state index contributed by atoms with van der Waals surface area (Å²) in [6, 6.07) is 0. The molecular formula is C11H15N3O2S. The Labute approximate surface area is 103 Å². The van der Waals surface area contributed by atoms with Gasteiger partial charge in [-0.2, -0.15) is 0 Å². The van der Waals surface area contributed by atoms with Crippen molar-refractivity contribution in [3.63, 3.8) is 0 Å². The molecule has 5 nitrogen and oxygen atoms in total. The van der Waals surface area contributed by atoms with Crippen LogP contribution in [0.15, 0.2) is 11.6 Å². The van der Waals surface area contributed by atoms with Crippen molar-refractivity contribution in [1.82, 2.24) is 9.88 Å². The molecule has 0 unspecified atom stereocenters. The van der Waals surface area contributed by atoms with Crippen LogP contribution in [0, 0.1) is 5.92 Å². The molecule has 0 atom stereocenters. The summed E-state index contributed by atoms with van der Waals surface area (Å²) in [5.74, 6) is 0.415. The van der Waals surface area contributed by atoms with Gasteiger partial charge in [0, 0.05) is 24.7 Å². The van der Waals surface area contributed by atoms with Gasteiger partial charge in [-0.05, 0) is 18.8 Å². The maximum Gasteiger partial charge on any atom is 0.240 e. The highest BCUT2D eigenvalue weighted by Crippen LogP contribution is 2.44. The quantitative estimate of drug-likeness (QED) is 0.822. The standard InChI is InChI=1S/C11H15N3O2S/c15-9(13-10-12-3-4-17-10)5-14-6-11(16,7-14)8-1-2-8/h3-4,8,16H,1-2,5-7H2,(H,12,13,15). The summed E-state index contributed by atoms with van der Waals surface area (Å²) < 4.78 is 0. The highest BCUT2D eigenvalue weighted by atomic mass is 32.1. The van der Waals surface area contributed by atoms with Crippen molar-refractivity contribution >= 4 is 22.4 Å². The van der Waals surface area contributed by atoms with Crippen LogP contribution in [0.3, 0.4) is 0 Å². The number of β-amino-alcohol motifs (C(OH)–C–C–N with tert-alkyl or cyclic N) is 1. The Balaban J connectivity index is 1.44. The minimum absolute atomic E-state index is 0.0576. The fourth-order valence-electron chi connectivity index (χ4n) is 2.37. The van der Waals surface area contributed by atoms with E-state index in [1.165, 1.54) is 11.3 Å². The number of likely N-dealkylation sites (tertiary alicyclic amines) is 1. The van der Waals surface area contributed by atoms with E-state index in [4.69, 9.17) is 0 Å². The number of amides is 1. The number of aliphatic hydroxyl groups is 1. The highest BCUT2D eigenvalue weighted by Gasteiger charge is 2.51. The Morgan fingerprint density at radius 3 is 3.00 bits per heavy atom. The SMILES string of the molecule is O=C(CN1CC(O)(C2CC2)C1)Nc1nccs1. The van der Waals surface area contributed by atoms with Crippen LogP contribution in [0.2, 0.25) is 0 Å². The van der Waals surface area contributed by atoms with Gasteiger partial charge in [0.15, 0.2) is 5.13 Å². The monoisotopic (exact) mass is 253 g/mol. The molecule has 1 saturated heterocycles. The van der Waals surface area contributed by atoms with Gasteiger partial charge in [0.2, 0.25) is 5.91 Å². The predicted molar refractivity (Wildman–Crippen MR) is 64.9 cm³/mol. The van der Waals surface area contributed by atoms with Gasteiger partial charge in [-0.1, -0.05) is 0 Å². The zero-order valence-electron chi connectivity index (χ0n) is 9.43. The van der Waals surface area contributed by atoms with Crippen molar-refractivity contribution in [2.24, 2.45) is 5.92 Å². The number of nitrogens with zero attached hydrogens (tertiary/aromatic N) is 2. The maximum atomic E-state index is 11.6. The second-order valence-corrected chi connectivity index (χ2v) is 5.80. The molecule has 17 heavy (non-hydrogen) atoms. The molecule has 2 heterocycles. The first-order valence-corrected chi connectivity index (χ1v) is 6.68. The summed E-state index contributed by atoms with van der Waals surface area (Å²) in [4.78, 5) is 17.6. The van der Waals surface area contributed by atoms with Crippen LogP contribution in [0.1, 0.15) is 12.8 Å². The Bertz CT molecular complexity index is 410. The lowest BCUT2D eigenvalue weighted by Crippen LogP contribution is -2.64. The summed E-state index contributed by atoms with van der Waals surface area (Å²) in [6.45, 7) is 1.60. The molecule has 1 aromatic heterocycles. The van der Waals surface area contributed by atoms with Gasteiger partial charge in [-0.15, -0.1) is 11.3 Å². The topological polar surface area (TPSA) is 65.5 Å². The minimum Gasteiger partial charge on any atom is -0.387 e. The summed E-state index contributed by atoms with van der Waals surface area (Å²) in [6.07, 6.45) is 3.93. The van der Waals surface area contributed by atoms with E-state index in [-0.39, 0.29) is 5.91 Å². The first-order valence-electron chi connectivity index (χ1n) is 5.80. The lowest BCUT2D eigenvalue weighted by atomic mass is 9.89. The summed E-state index contributed by atoms with van der Waals surface area (Å²) >= 11 is 1.41. The number of hydrogen-bond acceptors (Lipinski definition) is 5. The van der Waals surface area contributed by atoms with E-state index >= 15 is 0 Å². The molecule has 0 bridgehead atoms. The van der Waals surface area contributed by atoms with Crippen LogP contribution in [0.5, 0.6) is 0 Å². The number of nitrogens with one attached hydrogen (secondary N) is 1. The van der Waals surface area contributed by atoms with Gasteiger partial charge < -0.3 is 10.4 Å². The van der Waals surface area contributed by atoms with Crippen molar-refractivity contribution in [3.8, 4) is 0 Å². The second kappa shape index (κ2) is 4.04. The number of hydrogen-bond donors (Lipinski definition) is 2. The normalized spacial score (nSPS) is 23.1. The van der Waals surface area contributed by atoms with E-state index in [1.54, 1.807) is 6.20 Å². The molecule has 1 aliphatic heterocycles. The lowest BCUT2D eigenvalue weighted by molar-refractivity contribution is -0.132. The number of anilines is 1. The zero-order valence-corrected chi connectivity index (χ0v) is 10.2. The molecule has 2 N–H and O–H groups in total. The first-order chi connectivity index (χ1) is 8.16. The summed E-state index contributed by atoms with van der Waals surface area (Å²) in [7, 11) is 0. The van der Waals surface area contributed by atoms with Crippen molar-refractivity contribution in [2.75, 3.05) is 25.0 Å². The Morgan fingerprint density at radius 2 is 2.41 bits per heavy atom. The lowest BCUT2D eigenvalue weighted by Gasteiger charge is -2.46. The number of rotatable bonds is 4. The van der Waals surface area contributed by atoms with Gasteiger partial charge in [0.25, 0.3) is 0 Å². The molecule has 0 aromatic carbocycles. The molecule has 0 spiro atoms. The van der Waals surface area contributed by atoms with Crippen LogP contribution >= 0.6 is 11.3 Å². The Morgan fingerprint density at radius 1 is 1.65 bits per heavy atom. The van der Waals surface area contributed by atoms with Crippen LogP contribution in [0.4, 0.5) is 5.13 Å². The van der Waals surface area contributed by atoms with Crippen LogP contribution < -0.4 is 5.32 Å². The van der Waals surface area contributed by atoms with Crippen molar-refractivity contribution in [3.05, 3.63) is 11.6 Å². The zero-order chi connectivity index (χ0) is 11.9. The van der Waals surface area contributed by atoms with E-state index in [1.807, 2.05) is 10.3 Å². The average Bonchev–Trinajstić information content (AvgIpc) is 2.97. The third kappa shape index (κ3) is 2.34. The van der Waals surface area contributed by atoms with Gasteiger partial charge in [0.05, 0.1) is 12.1 Å². The molecule has 1 aromatic rings. The predicted octanol–water partition coefficient (Wildman–Crippen LogP) is 0.538. The Kier molecular flexibility index (Phi) is 2.65. The largest absolute Gasteiger partial charge is 0.387 e. The molecule has 1 saturated carbocycles. The third-order valence-corrected chi connectivity index (χ3v) is 4.07. The summed E-state index contributed by atoms with van der Waals surface area (Å²) in [5, 5.41) is 15.3. The molecule has 2 fully saturated rings. The van der Waals surface area contributed by atoms with Gasteiger partial charge >= 0.3 is 0 Å². The fourth-order valence-corrected chi connectivity index (χ4v) is 2.91. The number of thiazole rings is 1. The Hall–Kier alpha value is -0.980. The van der Waals surface area contributed by atoms with Gasteiger partial charge in [0.1, 0.15) is 0 Å². The summed E-state index contributed by atoms with van der Waals surface area (Å²) in [5.41, 5.74) is -0.512. The number of carbonyl (C=O) groups excluding carboxylic acids is 1. The number of carbonyl (C=O) groups is 1. The highest BCUT2D eigenvalue weighted by molar-refractivity contribution is 7.13. The third-order valence-electron chi connectivity index (χ3n) is 3.38. The maximum absolute atomic E-state index is 11.6. The number of aromatic nitrogens is 1. The van der Waals surface area contributed by atoms with Gasteiger partial charge in [-0.3, -0.25) is 9.69 Å². The minimum atomic E-state index is -0.512. The fraction of sp³-hybridized carbons (Fsp3) is 0.636. The first kappa shape index (κ1) is 11.1. The van der Waals surface area contributed by atoms with E-state index in [0.717, 1.165) is 12.8 Å². The smallest absolute Gasteiger partial charge is 0.240 e. The van der Waals surface area contributed by atoms with Gasteiger partial charge in [-0.25, -0.2) is 4.98 Å². The van der Waals surface area contributed by atoms with E-state index in [9.17, 15) is 9.90 Å². The molecule has 0 radical (unpaired) electrons. The molecule has 92 valence electrons. The molecule has 1 aliphatic carbocycles. The van der Waals surface area contributed by atoms with E-state index in [2.05, 4.69) is 10.3 Å². The van der Waals surface area contributed by atoms with Crippen LogP contribution in [-0.2, 0) is 4.79 Å². The molecule has 3 rings (SSSR count). The second-order valence-electron chi connectivity index (χ2n) is 4.91. The van der Waals surface area contributed by atoms with Crippen molar-refractivity contribution < 1.29 is 9.90 Å².